The van der Waals surface area contributed by atoms with Crippen LogP contribution in [0.25, 0.3) is 22.4 Å². The van der Waals surface area contributed by atoms with Gasteiger partial charge in [-0.15, -0.1) is 5.10 Å². The first-order valence-corrected chi connectivity index (χ1v) is 9.07. The van der Waals surface area contributed by atoms with Gasteiger partial charge in [0, 0.05) is 10.0 Å². The number of methoxy groups -OCH3 is 1. The van der Waals surface area contributed by atoms with Crippen molar-refractivity contribution in [3.8, 4) is 17.1 Å². The van der Waals surface area contributed by atoms with Gasteiger partial charge < -0.3 is 4.74 Å². The first-order chi connectivity index (χ1) is 12.2. The minimum atomic E-state index is -0.164. The molecule has 0 N–H and O–H groups in total. The normalized spacial score (nSPS) is 12.0. The summed E-state index contributed by atoms with van der Waals surface area (Å²) >= 11 is 4.82. The Kier molecular flexibility index (Phi) is 4.10. The summed E-state index contributed by atoms with van der Waals surface area (Å²) in [6.07, 6.45) is 1.85. The zero-order valence-corrected chi connectivity index (χ0v) is 15.5. The number of rotatable bonds is 3. The van der Waals surface area contributed by atoms with Crippen LogP contribution in [0, 0.1) is 0 Å². The van der Waals surface area contributed by atoms with Crippen molar-refractivity contribution >= 4 is 38.3 Å². The van der Waals surface area contributed by atoms with Crippen molar-refractivity contribution in [1.29, 1.82) is 0 Å². The third-order valence-electron chi connectivity index (χ3n) is 3.72. The average molecular weight is 414 g/mol. The standard InChI is InChI=1S/C18H12BrN3O2S/c1-24-13-8-6-11(7-9-13)16-20-18-22(21-16)17(23)15(25-18)10-12-4-2-3-5-14(12)19/h2-10H,1H3/b15-10+. The Morgan fingerprint density at radius 1 is 1.16 bits per heavy atom. The highest BCUT2D eigenvalue weighted by Crippen LogP contribution is 2.20. The number of hydrogen-bond donors (Lipinski definition) is 0. The lowest BCUT2D eigenvalue weighted by atomic mass is 10.2. The maximum Gasteiger partial charge on any atom is 0.291 e. The second kappa shape index (κ2) is 6.42. The molecular weight excluding hydrogens is 402 g/mol. The molecule has 2 heterocycles. The highest BCUT2D eigenvalue weighted by molar-refractivity contribution is 9.10. The van der Waals surface area contributed by atoms with Crippen molar-refractivity contribution in [2.24, 2.45) is 0 Å². The molecular formula is C18H12BrN3O2S. The van der Waals surface area contributed by atoms with E-state index in [1.807, 2.05) is 54.6 Å². The van der Waals surface area contributed by atoms with E-state index in [0.29, 0.717) is 15.3 Å². The molecule has 0 radical (unpaired) electrons. The molecule has 0 aliphatic rings. The zero-order chi connectivity index (χ0) is 17.4. The van der Waals surface area contributed by atoms with E-state index < -0.39 is 0 Å². The minimum Gasteiger partial charge on any atom is -0.497 e. The van der Waals surface area contributed by atoms with Crippen LogP contribution in [0.2, 0.25) is 0 Å². The van der Waals surface area contributed by atoms with Crippen molar-refractivity contribution in [2.45, 2.75) is 0 Å². The molecule has 124 valence electrons. The molecule has 0 unspecified atom stereocenters. The number of aromatic nitrogens is 3. The molecule has 2 aromatic heterocycles. The SMILES string of the molecule is COc1ccc(-c2nc3s/c(=C/c4ccccc4Br)c(=O)n3n2)cc1. The summed E-state index contributed by atoms with van der Waals surface area (Å²) in [6.45, 7) is 0. The van der Waals surface area contributed by atoms with E-state index in [0.717, 1.165) is 21.3 Å². The van der Waals surface area contributed by atoms with Gasteiger partial charge in [-0.05, 0) is 42.0 Å². The van der Waals surface area contributed by atoms with E-state index in [4.69, 9.17) is 4.74 Å². The number of benzene rings is 2. The first-order valence-electron chi connectivity index (χ1n) is 7.46. The molecule has 4 rings (SSSR count). The van der Waals surface area contributed by atoms with E-state index in [9.17, 15) is 4.79 Å². The van der Waals surface area contributed by atoms with Crippen molar-refractivity contribution in [2.75, 3.05) is 7.11 Å². The van der Waals surface area contributed by atoms with Crippen molar-refractivity contribution < 1.29 is 4.74 Å². The third kappa shape index (κ3) is 2.96. The molecule has 25 heavy (non-hydrogen) atoms. The highest BCUT2D eigenvalue weighted by atomic mass is 79.9. The van der Waals surface area contributed by atoms with E-state index in [1.165, 1.54) is 15.9 Å². The number of thiazole rings is 1. The highest BCUT2D eigenvalue weighted by Gasteiger charge is 2.12. The fourth-order valence-electron chi connectivity index (χ4n) is 2.43. The Morgan fingerprint density at radius 2 is 1.92 bits per heavy atom. The Hall–Kier alpha value is -2.51. The second-order valence-corrected chi connectivity index (χ2v) is 7.16. The van der Waals surface area contributed by atoms with Crippen LogP contribution in [0.4, 0.5) is 0 Å². The maximum atomic E-state index is 12.6. The van der Waals surface area contributed by atoms with Crippen LogP contribution >= 0.6 is 27.3 Å². The van der Waals surface area contributed by atoms with Gasteiger partial charge in [0.2, 0.25) is 4.96 Å². The summed E-state index contributed by atoms with van der Waals surface area (Å²) in [7, 11) is 1.62. The largest absolute Gasteiger partial charge is 0.497 e. The van der Waals surface area contributed by atoms with Crippen LogP contribution in [0.1, 0.15) is 5.56 Å². The topological polar surface area (TPSA) is 56.5 Å². The van der Waals surface area contributed by atoms with E-state index in [1.54, 1.807) is 7.11 Å². The van der Waals surface area contributed by atoms with Crippen LogP contribution < -0.4 is 14.8 Å². The summed E-state index contributed by atoms with van der Waals surface area (Å²) < 4.78 is 8.04. The lowest BCUT2D eigenvalue weighted by Crippen LogP contribution is -2.23. The van der Waals surface area contributed by atoms with E-state index >= 15 is 0 Å². The summed E-state index contributed by atoms with van der Waals surface area (Å²) in [5, 5.41) is 4.35. The fraction of sp³-hybridized carbons (Fsp3) is 0.0556. The van der Waals surface area contributed by atoms with Gasteiger partial charge in [0.25, 0.3) is 5.56 Å². The zero-order valence-electron chi connectivity index (χ0n) is 13.1. The van der Waals surface area contributed by atoms with Crippen LogP contribution in [-0.2, 0) is 0 Å². The Morgan fingerprint density at radius 3 is 2.60 bits per heavy atom. The molecule has 0 fully saturated rings. The van der Waals surface area contributed by atoms with Gasteiger partial charge in [-0.3, -0.25) is 4.79 Å². The van der Waals surface area contributed by atoms with Gasteiger partial charge in [0.05, 0.1) is 11.6 Å². The number of halogens is 1. The van der Waals surface area contributed by atoms with Crippen molar-refractivity contribution in [3.05, 3.63) is 73.5 Å². The monoisotopic (exact) mass is 413 g/mol. The summed E-state index contributed by atoms with van der Waals surface area (Å²) in [5.74, 6) is 1.29. The molecule has 4 aromatic rings. The number of fused-ring (bicyclic) bond motifs is 1. The first kappa shape index (κ1) is 16.0. The van der Waals surface area contributed by atoms with Gasteiger partial charge in [-0.25, -0.2) is 0 Å². The Bertz CT molecular complexity index is 1170. The minimum absolute atomic E-state index is 0.164. The van der Waals surface area contributed by atoms with Gasteiger partial charge in [-0.1, -0.05) is 45.5 Å². The number of nitrogens with zero attached hydrogens (tertiary/aromatic N) is 3. The fourth-order valence-corrected chi connectivity index (χ4v) is 3.73. The molecule has 2 aromatic carbocycles. The van der Waals surface area contributed by atoms with Gasteiger partial charge in [0.15, 0.2) is 5.82 Å². The second-order valence-electron chi connectivity index (χ2n) is 5.30. The van der Waals surface area contributed by atoms with Gasteiger partial charge >= 0.3 is 0 Å². The third-order valence-corrected chi connectivity index (χ3v) is 5.40. The molecule has 0 bridgehead atoms. The summed E-state index contributed by atoms with van der Waals surface area (Å²) in [4.78, 5) is 17.7. The predicted molar refractivity (Wildman–Crippen MR) is 102 cm³/mol. The predicted octanol–water partition coefficient (Wildman–Crippen LogP) is 3.14. The molecule has 0 aliphatic heterocycles. The van der Waals surface area contributed by atoms with Crippen LogP contribution in [0.5, 0.6) is 5.75 Å². The molecule has 0 saturated heterocycles. The average Bonchev–Trinajstić information content (AvgIpc) is 3.17. The van der Waals surface area contributed by atoms with Crippen LogP contribution in [0.15, 0.2) is 57.8 Å². The number of hydrogen-bond acceptors (Lipinski definition) is 5. The van der Waals surface area contributed by atoms with Crippen molar-refractivity contribution in [1.82, 2.24) is 14.6 Å². The molecule has 0 aliphatic carbocycles. The van der Waals surface area contributed by atoms with Crippen LogP contribution in [0.3, 0.4) is 0 Å². The lowest BCUT2D eigenvalue weighted by Gasteiger charge is -1.99. The van der Waals surface area contributed by atoms with Gasteiger partial charge in [0.1, 0.15) is 5.75 Å². The van der Waals surface area contributed by atoms with E-state index in [-0.39, 0.29) is 5.56 Å². The smallest absolute Gasteiger partial charge is 0.291 e. The Balaban J connectivity index is 1.79. The molecule has 7 heteroatoms. The van der Waals surface area contributed by atoms with Crippen molar-refractivity contribution in [3.63, 3.8) is 0 Å². The molecule has 0 atom stereocenters. The Labute approximate surface area is 155 Å². The summed E-state index contributed by atoms with van der Waals surface area (Å²) in [6, 6.07) is 15.2. The number of ether oxygens (including phenoxy) is 1. The molecule has 0 saturated carbocycles. The van der Waals surface area contributed by atoms with Crippen LogP contribution in [-0.4, -0.2) is 21.7 Å². The molecule has 5 nitrogen and oxygen atoms in total. The molecule has 0 amide bonds. The van der Waals surface area contributed by atoms with Gasteiger partial charge in [-0.2, -0.15) is 9.50 Å². The quantitative estimate of drug-likeness (QED) is 0.517. The molecule has 0 spiro atoms. The van der Waals surface area contributed by atoms with E-state index in [2.05, 4.69) is 26.0 Å². The summed E-state index contributed by atoms with van der Waals surface area (Å²) in [5.41, 5.74) is 1.62. The maximum absolute atomic E-state index is 12.6. The lowest BCUT2D eigenvalue weighted by molar-refractivity contribution is 0.415.